The Bertz CT molecular complexity index is 639. The fraction of sp³-hybridized carbons (Fsp3) is 0.0667. The summed E-state index contributed by atoms with van der Waals surface area (Å²) in [6.07, 6.45) is 0.216. The maximum absolute atomic E-state index is 12.0. The molecule has 0 spiro atoms. The number of anilines is 2. The second-order valence-corrected chi connectivity index (χ2v) is 4.38. The lowest BCUT2D eigenvalue weighted by Gasteiger charge is -2.10. The van der Waals surface area contributed by atoms with Crippen LogP contribution < -0.4 is 16.8 Å². The summed E-state index contributed by atoms with van der Waals surface area (Å²) < 4.78 is 0. The molecule has 20 heavy (non-hydrogen) atoms. The molecule has 0 bridgehead atoms. The number of nitrogens with one attached hydrogen (secondary N) is 1. The minimum atomic E-state index is -0.611. The molecule has 0 aliphatic heterocycles. The summed E-state index contributed by atoms with van der Waals surface area (Å²) in [4.78, 5) is 23.3. The first-order chi connectivity index (χ1) is 9.56. The Hall–Kier alpha value is -2.82. The van der Waals surface area contributed by atoms with E-state index >= 15 is 0 Å². The molecule has 0 aromatic heterocycles. The molecule has 0 fully saturated rings. The van der Waals surface area contributed by atoms with Crippen LogP contribution in [0.5, 0.6) is 0 Å². The van der Waals surface area contributed by atoms with Crippen LogP contribution in [0.25, 0.3) is 0 Å². The topological polar surface area (TPSA) is 98.2 Å². The van der Waals surface area contributed by atoms with Crippen molar-refractivity contribution >= 4 is 23.2 Å². The average molecular weight is 269 g/mol. The van der Waals surface area contributed by atoms with Gasteiger partial charge in [-0.15, -0.1) is 0 Å². The van der Waals surface area contributed by atoms with Gasteiger partial charge < -0.3 is 16.8 Å². The van der Waals surface area contributed by atoms with Gasteiger partial charge in [0, 0.05) is 5.69 Å². The number of nitrogens with two attached hydrogens (primary N) is 2. The van der Waals surface area contributed by atoms with Crippen LogP contribution in [0.1, 0.15) is 15.9 Å². The minimum Gasteiger partial charge on any atom is -0.399 e. The van der Waals surface area contributed by atoms with E-state index in [1.165, 1.54) is 12.1 Å². The number of nitrogen functional groups attached to an aromatic ring is 1. The van der Waals surface area contributed by atoms with E-state index in [0.29, 0.717) is 11.4 Å². The first-order valence-corrected chi connectivity index (χ1v) is 6.09. The van der Waals surface area contributed by atoms with Crippen molar-refractivity contribution < 1.29 is 9.59 Å². The predicted octanol–water partition coefficient (Wildman–Crippen LogP) is 1.55. The van der Waals surface area contributed by atoms with Crippen molar-refractivity contribution in [2.24, 2.45) is 5.73 Å². The Morgan fingerprint density at radius 2 is 1.75 bits per heavy atom. The van der Waals surface area contributed by atoms with Crippen molar-refractivity contribution in [3.05, 3.63) is 59.7 Å². The van der Waals surface area contributed by atoms with Crippen molar-refractivity contribution in [1.29, 1.82) is 0 Å². The fourth-order valence-corrected chi connectivity index (χ4v) is 1.86. The van der Waals surface area contributed by atoms with Crippen LogP contribution in [0.15, 0.2) is 48.5 Å². The Morgan fingerprint density at radius 3 is 2.40 bits per heavy atom. The summed E-state index contributed by atoms with van der Waals surface area (Å²) in [7, 11) is 0. The predicted molar refractivity (Wildman–Crippen MR) is 78.1 cm³/mol. The van der Waals surface area contributed by atoms with Crippen molar-refractivity contribution in [3.8, 4) is 0 Å². The maximum atomic E-state index is 12.0. The highest BCUT2D eigenvalue weighted by Crippen LogP contribution is 2.19. The molecule has 0 aliphatic carbocycles. The summed E-state index contributed by atoms with van der Waals surface area (Å²) in [5.41, 5.74) is 12.8. The number of carbonyl (C=O) groups excluding carboxylic acids is 2. The van der Waals surface area contributed by atoms with E-state index in [9.17, 15) is 9.59 Å². The van der Waals surface area contributed by atoms with Crippen LogP contribution >= 0.6 is 0 Å². The highest BCUT2D eigenvalue weighted by molar-refractivity contribution is 6.04. The van der Waals surface area contributed by atoms with Crippen LogP contribution in [0.3, 0.4) is 0 Å². The van der Waals surface area contributed by atoms with Gasteiger partial charge in [-0.25, -0.2) is 0 Å². The third-order valence-electron chi connectivity index (χ3n) is 2.79. The SMILES string of the molecule is NC(=O)c1ccc(N)cc1NC(=O)Cc1ccccc1. The molecular weight excluding hydrogens is 254 g/mol. The maximum Gasteiger partial charge on any atom is 0.250 e. The molecule has 5 nitrogen and oxygen atoms in total. The van der Waals surface area contributed by atoms with E-state index in [1.807, 2.05) is 30.3 Å². The van der Waals surface area contributed by atoms with Crippen LogP contribution in [0.2, 0.25) is 0 Å². The molecule has 0 atom stereocenters. The van der Waals surface area contributed by atoms with E-state index in [0.717, 1.165) is 5.56 Å². The lowest BCUT2D eigenvalue weighted by Crippen LogP contribution is -2.19. The number of hydrogen-bond acceptors (Lipinski definition) is 3. The summed E-state index contributed by atoms with van der Waals surface area (Å²) in [5, 5.41) is 2.66. The van der Waals surface area contributed by atoms with Gasteiger partial charge >= 0.3 is 0 Å². The van der Waals surface area contributed by atoms with Gasteiger partial charge in [-0.1, -0.05) is 30.3 Å². The van der Waals surface area contributed by atoms with Crippen LogP contribution in [0, 0.1) is 0 Å². The van der Waals surface area contributed by atoms with E-state index in [4.69, 9.17) is 11.5 Å². The quantitative estimate of drug-likeness (QED) is 0.734. The monoisotopic (exact) mass is 269 g/mol. The Kier molecular flexibility index (Phi) is 4.00. The van der Waals surface area contributed by atoms with Crippen LogP contribution in [0.4, 0.5) is 11.4 Å². The van der Waals surface area contributed by atoms with Gasteiger partial charge in [0.2, 0.25) is 5.91 Å². The normalized spacial score (nSPS) is 10.0. The highest BCUT2D eigenvalue weighted by atomic mass is 16.2. The Balaban J connectivity index is 2.15. The molecule has 2 amide bonds. The molecule has 0 saturated heterocycles. The van der Waals surface area contributed by atoms with Gasteiger partial charge in [-0.05, 0) is 23.8 Å². The molecule has 0 unspecified atom stereocenters. The molecule has 2 aromatic carbocycles. The van der Waals surface area contributed by atoms with E-state index in [2.05, 4.69) is 5.32 Å². The van der Waals surface area contributed by atoms with Crippen LogP contribution in [-0.4, -0.2) is 11.8 Å². The summed E-state index contributed by atoms with van der Waals surface area (Å²) in [6.45, 7) is 0. The molecule has 0 heterocycles. The van der Waals surface area contributed by atoms with Gasteiger partial charge in [0.25, 0.3) is 5.91 Å². The van der Waals surface area contributed by atoms with Gasteiger partial charge in [0.05, 0.1) is 17.7 Å². The zero-order valence-corrected chi connectivity index (χ0v) is 10.8. The third kappa shape index (κ3) is 3.35. The van der Waals surface area contributed by atoms with E-state index in [-0.39, 0.29) is 17.9 Å². The molecule has 2 aromatic rings. The van der Waals surface area contributed by atoms with Crippen molar-refractivity contribution in [2.75, 3.05) is 11.1 Å². The zero-order chi connectivity index (χ0) is 14.5. The lowest BCUT2D eigenvalue weighted by atomic mass is 10.1. The lowest BCUT2D eigenvalue weighted by molar-refractivity contribution is -0.115. The Labute approximate surface area is 116 Å². The van der Waals surface area contributed by atoms with Crippen molar-refractivity contribution in [1.82, 2.24) is 0 Å². The average Bonchev–Trinajstić information content (AvgIpc) is 2.39. The van der Waals surface area contributed by atoms with E-state index < -0.39 is 5.91 Å². The van der Waals surface area contributed by atoms with E-state index in [1.54, 1.807) is 6.07 Å². The molecule has 0 saturated carbocycles. The molecule has 2 rings (SSSR count). The Morgan fingerprint density at radius 1 is 1.05 bits per heavy atom. The minimum absolute atomic E-state index is 0.216. The first-order valence-electron chi connectivity index (χ1n) is 6.09. The van der Waals surface area contributed by atoms with Gasteiger partial charge in [0.1, 0.15) is 0 Å². The smallest absolute Gasteiger partial charge is 0.250 e. The number of carbonyl (C=O) groups is 2. The second-order valence-electron chi connectivity index (χ2n) is 4.38. The summed E-state index contributed by atoms with van der Waals surface area (Å²) in [6, 6.07) is 13.9. The summed E-state index contributed by atoms with van der Waals surface area (Å²) in [5.74, 6) is -0.843. The molecular formula is C15H15N3O2. The van der Waals surface area contributed by atoms with Crippen LogP contribution in [-0.2, 0) is 11.2 Å². The molecule has 5 heteroatoms. The fourth-order valence-electron chi connectivity index (χ4n) is 1.86. The largest absolute Gasteiger partial charge is 0.399 e. The van der Waals surface area contributed by atoms with Gasteiger partial charge in [0.15, 0.2) is 0 Å². The molecule has 0 radical (unpaired) electrons. The van der Waals surface area contributed by atoms with Gasteiger partial charge in [-0.3, -0.25) is 9.59 Å². The van der Waals surface area contributed by atoms with Gasteiger partial charge in [-0.2, -0.15) is 0 Å². The number of benzene rings is 2. The third-order valence-corrected chi connectivity index (χ3v) is 2.79. The number of amides is 2. The van der Waals surface area contributed by atoms with Crippen molar-refractivity contribution in [2.45, 2.75) is 6.42 Å². The van der Waals surface area contributed by atoms with Crippen molar-refractivity contribution in [3.63, 3.8) is 0 Å². The number of rotatable bonds is 4. The molecule has 0 aliphatic rings. The standard InChI is InChI=1S/C15H15N3O2/c16-11-6-7-12(15(17)20)13(9-11)18-14(19)8-10-4-2-1-3-5-10/h1-7,9H,8,16H2,(H2,17,20)(H,18,19). The zero-order valence-electron chi connectivity index (χ0n) is 10.8. The molecule has 5 N–H and O–H groups in total. The second kappa shape index (κ2) is 5.88. The first kappa shape index (κ1) is 13.6. The highest BCUT2D eigenvalue weighted by Gasteiger charge is 2.11. The number of hydrogen-bond donors (Lipinski definition) is 3. The molecule has 102 valence electrons. The summed E-state index contributed by atoms with van der Waals surface area (Å²) >= 11 is 0. The number of primary amides is 1.